The van der Waals surface area contributed by atoms with E-state index >= 15 is 0 Å². The van der Waals surface area contributed by atoms with E-state index in [9.17, 15) is 14.9 Å². The molecular weight excluding hydrogens is 276 g/mol. The number of benzene rings is 1. The molecule has 9 nitrogen and oxygen atoms in total. The summed E-state index contributed by atoms with van der Waals surface area (Å²) in [6.07, 6.45) is 1.40. The lowest BCUT2D eigenvalue weighted by Gasteiger charge is -2.05. The summed E-state index contributed by atoms with van der Waals surface area (Å²) in [5.41, 5.74) is 1.18. The predicted molar refractivity (Wildman–Crippen MR) is 74.9 cm³/mol. The summed E-state index contributed by atoms with van der Waals surface area (Å²) in [7, 11) is 0. The van der Waals surface area contributed by atoms with Crippen molar-refractivity contribution >= 4 is 22.8 Å². The first-order valence-corrected chi connectivity index (χ1v) is 6.04. The molecule has 0 aliphatic carbocycles. The van der Waals surface area contributed by atoms with E-state index in [-0.39, 0.29) is 17.2 Å². The highest BCUT2D eigenvalue weighted by atomic mass is 16.6. The molecule has 106 valence electrons. The molecule has 0 spiro atoms. The number of nitro benzene ring substituents is 1. The summed E-state index contributed by atoms with van der Waals surface area (Å²) in [6, 6.07) is 6.11. The van der Waals surface area contributed by atoms with Gasteiger partial charge in [0.15, 0.2) is 11.2 Å². The van der Waals surface area contributed by atoms with Gasteiger partial charge in [0.05, 0.1) is 11.3 Å². The summed E-state index contributed by atoms with van der Waals surface area (Å²) in [5.74, 6) is 0.290. The number of non-ortho nitro benzene ring substituents is 1. The molecule has 2 heterocycles. The Morgan fingerprint density at radius 2 is 2.05 bits per heavy atom. The van der Waals surface area contributed by atoms with Gasteiger partial charge >= 0.3 is 0 Å². The van der Waals surface area contributed by atoms with E-state index in [2.05, 4.69) is 25.3 Å². The molecule has 21 heavy (non-hydrogen) atoms. The van der Waals surface area contributed by atoms with E-state index in [0.29, 0.717) is 17.7 Å². The van der Waals surface area contributed by atoms with Crippen LogP contribution in [0.15, 0.2) is 35.4 Å². The maximum absolute atomic E-state index is 11.7. The monoisotopic (exact) mass is 286 g/mol. The van der Waals surface area contributed by atoms with Gasteiger partial charge in [0.2, 0.25) is 5.95 Å². The van der Waals surface area contributed by atoms with Crippen molar-refractivity contribution in [1.82, 2.24) is 19.9 Å². The Balaban J connectivity index is 1.76. The van der Waals surface area contributed by atoms with Gasteiger partial charge in [0.1, 0.15) is 0 Å². The Hall–Kier alpha value is -3.23. The number of nitro groups is 1. The zero-order valence-electron chi connectivity index (χ0n) is 10.7. The number of H-pyrrole nitrogens is 2. The number of fused-ring (bicyclic) bond motifs is 1. The van der Waals surface area contributed by atoms with Crippen LogP contribution in [0.5, 0.6) is 0 Å². The average Bonchev–Trinajstić information content (AvgIpc) is 2.94. The van der Waals surface area contributed by atoms with Crippen LogP contribution in [0.2, 0.25) is 0 Å². The Kier molecular flexibility index (Phi) is 3.07. The van der Waals surface area contributed by atoms with Crippen molar-refractivity contribution in [3.8, 4) is 0 Å². The summed E-state index contributed by atoms with van der Waals surface area (Å²) < 4.78 is 0. The minimum absolute atomic E-state index is 0.0308. The third kappa shape index (κ3) is 2.56. The van der Waals surface area contributed by atoms with Crippen molar-refractivity contribution in [2.24, 2.45) is 0 Å². The first-order chi connectivity index (χ1) is 10.1. The van der Waals surface area contributed by atoms with Crippen LogP contribution in [-0.4, -0.2) is 24.9 Å². The third-order valence-electron chi connectivity index (χ3n) is 2.90. The first kappa shape index (κ1) is 12.8. The van der Waals surface area contributed by atoms with Gasteiger partial charge in [-0.2, -0.15) is 4.98 Å². The van der Waals surface area contributed by atoms with E-state index in [4.69, 9.17) is 0 Å². The molecule has 0 aliphatic heterocycles. The first-order valence-electron chi connectivity index (χ1n) is 6.04. The third-order valence-corrected chi connectivity index (χ3v) is 2.90. The fourth-order valence-electron chi connectivity index (χ4n) is 1.85. The van der Waals surface area contributed by atoms with Gasteiger partial charge in [0.25, 0.3) is 11.2 Å². The van der Waals surface area contributed by atoms with Crippen LogP contribution in [0, 0.1) is 10.1 Å². The van der Waals surface area contributed by atoms with Gasteiger partial charge < -0.3 is 10.3 Å². The highest BCUT2D eigenvalue weighted by molar-refractivity contribution is 5.69. The van der Waals surface area contributed by atoms with Crippen molar-refractivity contribution in [1.29, 1.82) is 0 Å². The van der Waals surface area contributed by atoms with Gasteiger partial charge in [-0.15, -0.1) is 0 Å². The molecule has 3 rings (SSSR count). The molecule has 0 unspecified atom stereocenters. The normalized spacial score (nSPS) is 10.7. The summed E-state index contributed by atoms with van der Waals surface area (Å²) in [5, 5.41) is 13.5. The number of aromatic amines is 2. The predicted octanol–water partition coefficient (Wildman–Crippen LogP) is 1.17. The summed E-state index contributed by atoms with van der Waals surface area (Å²) in [6.45, 7) is 0.372. The number of hydrogen-bond acceptors (Lipinski definition) is 6. The Morgan fingerprint density at radius 1 is 1.29 bits per heavy atom. The molecule has 0 saturated heterocycles. The van der Waals surface area contributed by atoms with Gasteiger partial charge in [-0.25, -0.2) is 4.98 Å². The molecule has 0 radical (unpaired) electrons. The lowest BCUT2D eigenvalue weighted by molar-refractivity contribution is -0.384. The van der Waals surface area contributed by atoms with Crippen LogP contribution in [0.4, 0.5) is 11.6 Å². The van der Waals surface area contributed by atoms with Crippen LogP contribution in [-0.2, 0) is 6.54 Å². The SMILES string of the molecule is O=c1[nH]c(NCc2ccc([N+](=O)[O-])cc2)nc2nc[nH]c12. The molecule has 3 aromatic rings. The fourth-order valence-corrected chi connectivity index (χ4v) is 1.85. The topological polar surface area (TPSA) is 130 Å². The molecule has 0 amide bonds. The molecule has 0 atom stereocenters. The van der Waals surface area contributed by atoms with Gasteiger partial charge in [-0.1, -0.05) is 12.1 Å². The molecule has 9 heteroatoms. The number of anilines is 1. The van der Waals surface area contributed by atoms with Crippen molar-refractivity contribution in [2.45, 2.75) is 6.54 Å². The Bertz CT molecular complexity index is 851. The van der Waals surface area contributed by atoms with Crippen molar-refractivity contribution in [2.75, 3.05) is 5.32 Å². The molecule has 1 aromatic carbocycles. The smallest absolute Gasteiger partial charge is 0.278 e. The summed E-state index contributed by atoms with van der Waals surface area (Å²) in [4.78, 5) is 35.2. The molecule has 0 fully saturated rings. The molecule has 0 bridgehead atoms. The second-order valence-electron chi connectivity index (χ2n) is 4.29. The largest absolute Gasteiger partial charge is 0.352 e. The zero-order valence-corrected chi connectivity index (χ0v) is 10.7. The van der Waals surface area contributed by atoms with Gasteiger partial charge in [-0.05, 0) is 5.56 Å². The van der Waals surface area contributed by atoms with E-state index < -0.39 is 4.92 Å². The molecular formula is C12H10N6O3. The highest BCUT2D eigenvalue weighted by Crippen LogP contribution is 2.12. The average molecular weight is 286 g/mol. The maximum atomic E-state index is 11.7. The lowest BCUT2D eigenvalue weighted by Crippen LogP contribution is -2.13. The van der Waals surface area contributed by atoms with Crippen LogP contribution in [0.3, 0.4) is 0 Å². The Labute approximate surface area is 117 Å². The molecule has 0 saturated carbocycles. The summed E-state index contributed by atoms with van der Waals surface area (Å²) >= 11 is 0. The number of imidazole rings is 1. The fraction of sp³-hybridized carbons (Fsp3) is 0.0833. The number of rotatable bonds is 4. The van der Waals surface area contributed by atoms with Crippen LogP contribution < -0.4 is 10.9 Å². The number of nitrogens with zero attached hydrogens (tertiary/aromatic N) is 3. The number of nitrogens with one attached hydrogen (secondary N) is 3. The molecule has 3 N–H and O–H groups in total. The maximum Gasteiger partial charge on any atom is 0.278 e. The minimum atomic E-state index is -0.457. The van der Waals surface area contributed by atoms with Gasteiger partial charge in [0, 0.05) is 18.7 Å². The second kappa shape index (κ2) is 5.04. The Morgan fingerprint density at radius 3 is 2.76 bits per heavy atom. The van der Waals surface area contributed by atoms with E-state index in [0.717, 1.165) is 5.56 Å². The van der Waals surface area contributed by atoms with Crippen LogP contribution in [0.25, 0.3) is 11.2 Å². The van der Waals surface area contributed by atoms with Crippen LogP contribution in [0.1, 0.15) is 5.56 Å². The van der Waals surface area contributed by atoms with E-state index in [1.54, 1.807) is 12.1 Å². The van der Waals surface area contributed by atoms with Gasteiger partial charge in [-0.3, -0.25) is 19.9 Å². The van der Waals surface area contributed by atoms with Crippen LogP contribution >= 0.6 is 0 Å². The van der Waals surface area contributed by atoms with Crippen molar-refractivity contribution in [3.05, 3.63) is 56.6 Å². The number of aromatic nitrogens is 4. The highest BCUT2D eigenvalue weighted by Gasteiger charge is 2.06. The standard InChI is InChI=1S/C12H10N6O3/c19-11-9-10(15-6-14-9)16-12(17-11)13-5-7-1-3-8(4-2-7)18(20)21/h1-4,6H,5H2,(H3,13,14,15,16,17,19). The second-order valence-corrected chi connectivity index (χ2v) is 4.29. The van der Waals surface area contributed by atoms with E-state index in [1.807, 2.05) is 0 Å². The minimum Gasteiger partial charge on any atom is -0.352 e. The van der Waals surface area contributed by atoms with Crippen molar-refractivity contribution < 1.29 is 4.92 Å². The lowest BCUT2D eigenvalue weighted by atomic mass is 10.2. The zero-order chi connectivity index (χ0) is 14.8. The quantitative estimate of drug-likeness (QED) is 0.487. The van der Waals surface area contributed by atoms with E-state index in [1.165, 1.54) is 18.5 Å². The molecule has 0 aliphatic rings. The van der Waals surface area contributed by atoms with Crippen molar-refractivity contribution in [3.63, 3.8) is 0 Å². The molecule has 2 aromatic heterocycles. The number of hydrogen-bond donors (Lipinski definition) is 3.